The highest BCUT2D eigenvalue weighted by molar-refractivity contribution is 7.91. The Balaban J connectivity index is 1.42. The number of piperazine rings is 1. The Labute approximate surface area is 192 Å². The number of aromatic nitrogens is 2. The van der Waals surface area contributed by atoms with Crippen molar-refractivity contribution in [2.24, 2.45) is 0 Å². The molecule has 0 atom stereocenters. The van der Waals surface area contributed by atoms with Crippen LogP contribution in [-0.4, -0.2) is 59.5 Å². The molecular weight excluding hydrogens is 480 g/mol. The molecule has 3 aromatic heterocycles. The van der Waals surface area contributed by atoms with Gasteiger partial charge in [0, 0.05) is 37.1 Å². The molecule has 1 saturated heterocycles. The van der Waals surface area contributed by atoms with E-state index in [1.807, 2.05) is 19.1 Å². The molecule has 0 N–H and O–H groups in total. The number of nitrogens with zero attached hydrogens (tertiary/aromatic N) is 4. The van der Waals surface area contributed by atoms with Crippen molar-refractivity contribution in [3.63, 3.8) is 0 Å². The van der Waals surface area contributed by atoms with Gasteiger partial charge in [-0.1, -0.05) is 11.6 Å². The molecule has 0 aliphatic carbocycles. The highest BCUT2D eigenvalue weighted by atomic mass is 35.5. The van der Waals surface area contributed by atoms with E-state index in [9.17, 15) is 18.0 Å². The number of hydrogen-bond acceptors (Lipinski definition) is 7. The standard InChI is InChI=1S/C19H19ClN4O4S3/c1-13-2-4-15(29-13)14-3-6-17(25)24(21-14)12-18(26)22-8-10-23(11-9-22)31(27,28)19-7-5-16(20)30-19/h2-7H,8-12H2,1H3. The van der Waals surface area contributed by atoms with E-state index in [2.05, 4.69) is 5.10 Å². The molecule has 0 spiro atoms. The summed E-state index contributed by atoms with van der Waals surface area (Å²) in [5.74, 6) is -0.273. The van der Waals surface area contributed by atoms with Crippen LogP contribution in [0, 0.1) is 6.92 Å². The van der Waals surface area contributed by atoms with Crippen LogP contribution in [0.3, 0.4) is 0 Å². The number of carbonyl (C=O) groups is 1. The van der Waals surface area contributed by atoms with Gasteiger partial charge in [0.05, 0.1) is 9.21 Å². The van der Waals surface area contributed by atoms with Crippen molar-refractivity contribution >= 4 is 50.2 Å². The lowest BCUT2D eigenvalue weighted by Gasteiger charge is -2.33. The van der Waals surface area contributed by atoms with E-state index in [4.69, 9.17) is 11.6 Å². The summed E-state index contributed by atoms with van der Waals surface area (Å²) < 4.78 is 28.5. The van der Waals surface area contributed by atoms with E-state index >= 15 is 0 Å². The molecule has 4 rings (SSSR count). The van der Waals surface area contributed by atoms with Gasteiger partial charge >= 0.3 is 0 Å². The lowest BCUT2D eigenvalue weighted by atomic mass is 10.3. The lowest BCUT2D eigenvalue weighted by Crippen LogP contribution is -2.51. The fraction of sp³-hybridized carbons (Fsp3) is 0.316. The van der Waals surface area contributed by atoms with Crippen molar-refractivity contribution in [2.75, 3.05) is 26.2 Å². The average molecular weight is 499 g/mol. The first-order valence-corrected chi connectivity index (χ1v) is 12.9. The number of halogens is 1. The van der Waals surface area contributed by atoms with Crippen LogP contribution in [0.5, 0.6) is 0 Å². The Morgan fingerprint density at radius 3 is 2.42 bits per heavy atom. The topological polar surface area (TPSA) is 92.6 Å². The predicted molar refractivity (Wildman–Crippen MR) is 121 cm³/mol. The van der Waals surface area contributed by atoms with Crippen LogP contribution in [0.4, 0.5) is 0 Å². The molecule has 3 aromatic rings. The van der Waals surface area contributed by atoms with Crippen LogP contribution < -0.4 is 5.56 Å². The van der Waals surface area contributed by atoms with Gasteiger partial charge in [-0.2, -0.15) is 9.40 Å². The van der Waals surface area contributed by atoms with Gasteiger partial charge in [0.25, 0.3) is 15.6 Å². The smallest absolute Gasteiger partial charge is 0.267 e. The first-order chi connectivity index (χ1) is 14.7. The summed E-state index contributed by atoms with van der Waals surface area (Å²) in [5, 5.41) is 4.34. The predicted octanol–water partition coefficient (Wildman–Crippen LogP) is 2.53. The summed E-state index contributed by atoms with van der Waals surface area (Å²) in [6.45, 7) is 2.65. The maximum Gasteiger partial charge on any atom is 0.267 e. The second-order valence-corrected chi connectivity index (χ2v) is 12.1. The Bertz CT molecular complexity index is 1270. The Hall–Kier alpha value is -2.05. The van der Waals surface area contributed by atoms with Crippen LogP contribution >= 0.6 is 34.3 Å². The fourth-order valence-electron chi connectivity index (χ4n) is 3.24. The van der Waals surface area contributed by atoms with Gasteiger partial charge < -0.3 is 4.90 Å². The fourth-order valence-corrected chi connectivity index (χ4v) is 7.13. The number of thiophene rings is 2. The minimum atomic E-state index is -3.63. The zero-order valence-corrected chi connectivity index (χ0v) is 19.7. The molecule has 1 aliphatic heterocycles. The van der Waals surface area contributed by atoms with Gasteiger partial charge in [-0.15, -0.1) is 22.7 Å². The summed E-state index contributed by atoms with van der Waals surface area (Å²) in [6.07, 6.45) is 0. The van der Waals surface area contributed by atoms with Crippen LogP contribution in [-0.2, 0) is 21.4 Å². The van der Waals surface area contributed by atoms with Gasteiger partial charge in [0.15, 0.2) is 0 Å². The maximum absolute atomic E-state index is 12.7. The molecular formula is C19H19ClN4O4S3. The summed E-state index contributed by atoms with van der Waals surface area (Å²) in [4.78, 5) is 28.6. The van der Waals surface area contributed by atoms with E-state index in [1.165, 1.54) is 16.4 Å². The molecule has 0 aromatic carbocycles. The van der Waals surface area contributed by atoms with E-state index in [1.54, 1.807) is 28.4 Å². The summed E-state index contributed by atoms with van der Waals surface area (Å²) in [5.41, 5.74) is 0.275. The van der Waals surface area contributed by atoms with E-state index < -0.39 is 10.0 Å². The number of sulfonamides is 1. The molecule has 164 valence electrons. The number of hydrogen-bond donors (Lipinski definition) is 0. The third-order valence-corrected chi connectivity index (χ3v) is 9.50. The number of amides is 1. The Morgan fingerprint density at radius 2 is 1.81 bits per heavy atom. The second kappa shape index (κ2) is 8.83. The number of rotatable bonds is 5. The van der Waals surface area contributed by atoms with Gasteiger partial charge in [0.2, 0.25) is 5.91 Å². The first kappa shape index (κ1) is 22.2. The van der Waals surface area contributed by atoms with Crippen LogP contribution in [0.25, 0.3) is 10.6 Å². The van der Waals surface area contributed by atoms with Crippen LogP contribution in [0.15, 0.2) is 45.4 Å². The largest absolute Gasteiger partial charge is 0.338 e. The zero-order valence-electron chi connectivity index (χ0n) is 16.5. The molecule has 1 aliphatic rings. The molecule has 0 radical (unpaired) electrons. The normalized spacial score (nSPS) is 15.4. The third-order valence-electron chi connectivity index (χ3n) is 4.88. The minimum absolute atomic E-state index is 0.181. The summed E-state index contributed by atoms with van der Waals surface area (Å²) >= 11 is 8.43. The SMILES string of the molecule is Cc1ccc(-c2ccc(=O)n(CC(=O)N3CCN(S(=O)(=O)c4ccc(Cl)s4)CC3)n2)s1. The third kappa shape index (κ3) is 4.75. The molecule has 8 nitrogen and oxygen atoms in total. The van der Waals surface area contributed by atoms with Crippen molar-refractivity contribution in [1.82, 2.24) is 19.0 Å². The molecule has 0 saturated carbocycles. The monoisotopic (exact) mass is 498 g/mol. The number of carbonyl (C=O) groups excluding carboxylic acids is 1. The summed E-state index contributed by atoms with van der Waals surface area (Å²) in [7, 11) is -3.63. The maximum atomic E-state index is 12.7. The van der Waals surface area contributed by atoms with E-state index in [0.29, 0.717) is 10.0 Å². The van der Waals surface area contributed by atoms with Crippen molar-refractivity contribution in [1.29, 1.82) is 0 Å². The Morgan fingerprint density at radius 1 is 1.06 bits per heavy atom. The van der Waals surface area contributed by atoms with Crippen LogP contribution in [0.2, 0.25) is 4.34 Å². The number of aryl methyl sites for hydroxylation is 1. The molecule has 12 heteroatoms. The van der Waals surface area contributed by atoms with Gasteiger partial charge in [-0.3, -0.25) is 9.59 Å². The van der Waals surface area contributed by atoms with E-state index in [0.717, 1.165) is 25.8 Å². The van der Waals surface area contributed by atoms with Crippen molar-refractivity contribution in [2.45, 2.75) is 17.7 Å². The highest BCUT2D eigenvalue weighted by Gasteiger charge is 2.31. The van der Waals surface area contributed by atoms with Crippen molar-refractivity contribution in [3.8, 4) is 10.6 Å². The Kier molecular flexibility index (Phi) is 6.31. The summed E-state index contributed by atoms with van der Waals surface area (Å²) in [6, 6.07) is 9.99. The minimum Gasteiger partial charge on any atom is -0.338 e. The molecule has 0 bridgehead atoms. The van der Waals surface area contributed by atoms with Crippen molar-refractivity contribution in [3.05, 3.63) is 56.0 Å². The first-order valence-electron chi connectivity index (χ1n) is 9.42. The lowest BCUT2D eigenvalue weighted by molar-refractivity contribution is -0.133. The van der Waals surface area contributed by atoms with Crippen LogP contribution in [0.1, 0.15) is 4.88 Å². The molecule has 4 heterocycles. The quantitative estimate of drug-likeness (QED) is 0.539. The van der Waals surface area contributed by atoms with Gasteiger partial charge in [-0.25, -0.2) is 13.1 Å². The second-order valence-electron chi connectivity index (χ2n) is 6.97. The molecule has 31 heavy (non-hydrogen) atoms. The van der Waals surface area contributed by atoms with E-state index in [-0.39, 0.29) is 48.4 Å². The van der Waals surface area contributed by atoms with Gasteiger partial charge in [0.1, 0.15) is 16.4 Å². The molecule has 0 unspecified atom stereocenters. The molecule has 1 fully saturated rings. The zero-order chi connectivity index (χ0) is 22.2. The van der Waals surface area contributed by atoms with Gasteiger partial charge in [-0.05, 0) is 37.3 Å². The van der Waals surface area contributed by atoms with Crippen molar-refractivity contribution < 1.29 is 13.2 Å². The average Bonchev–Trinajstić information content (AvgIpc) is 3.38. The highest BCUT2D eigenvalue weighted by Crippen LogP contribution is 2.28. The molecule has 1 amide bonds.